The topological polar surface area (TPSA) is 46.3 Å². The molecule has 1 aliphatic heterocycles. The van der Waals surface area contributed by atoms with Crippen molar-refractivity contribution in [3.63, 3.8) is 0 Å². The molecule has 2 atom stereocenters. The SMILES string of the molecule is CC(C(=O)N1CCc2c(Cl)cccc2C1)C(N)c1ccccc1. The maximum Gasteiger partial charge on any atom is 0.227 e. The van der Waals surface area contributed by atoms with Crippen LogP contribution in [0.2, 0.25) is 5.02 Å². The van der Waals surface area contributed by atoms with E-state index in [0.717, 1.165) is 22.6 Å². The van der Waals surface area contributed by atoms with Gasteiger partial charge in [-0.2, -0.15) is 0 Å². The smallest absolute Gasteiger partial charge is 0.227 e. The van der Waals surface area contributed by atoms with E-state index in [1.165, 1.54) is 5.56 Å². The summed E-state index contributed by atoms with van der Waals surface area (Å²) < 4.78 is 0. The lowest BCUT2D eigenvalue weighted by Gasteiger charge is -2.33. The van der Waals surface area contributed by atoms with Gasteiger partial charge < -0.3 is 10.6 Å². The summed E-state index contributed by atoms with van der Waals surface area (Å²) in [5.74, 6) is -0.148. The molecular formula is C19H21ClN2O. The van der Waals surface area contributed by atoms with Crippen molar-refractivity contribution >= 4 is 17.5 Å². The zero-order valence-electron chi connectivity index (χ0n) is 13.2. The molecule has 1 heterocycles. The Kier molecular flexibility index (Phi) is 4.69. The third-order valence-electron chi connectivity index (χ3n) is 4.63. The average Bonchev–Trinajstić information content (AvgIpc) is 2.60. The van der Waals surface area contributed by atoms with Crippen LogP contribution in [0.3, 0.4) is 0 Å². The van der Waals surface area contributed by atoms with E-state index in [4.69, 9.17) is 17.3 Å². The number of halogens is 1. The molecular weight excluding hydrogens is 308 g/mol. The number of nitrogens with zero attached hydrogens (tertiary/aromatic N) is 1. The molecule has 0 aliphatic carbocycles. The fourth-order valence-electron chi connectivity index (χ4n) is 3.16. The number of benzene rings is 2. The van der Waals surface area contributed by atoms with E-state index >= 15 is 0 Å². The van der Waals surface area contributed by atoms with Gasteiger partial charge in [0, 0.05) is 24.2 Å². The third kappa shape index (κ3) is 3.26. The van der Waals surface area contributed by atoms with Crippen molar-refractivity contribution in [2.45, 2.75) is 25.9 Å². The Balaban J connectivity index is 1.74. The van der Waals surface area contributed by atoms with Crippen LogP contribution < -0.4 is 5.73 Å². The van der Waals surface area contributed by atoms with Crippen molar-refractivity contribution in [3.8, 4) is 0 Å². The molecule has 0 radical (unpaired) electrons. The van der Waals surface area contributed by atoms with Crippen molar-refractivity contribution in [1.82, 2.24) is 4.90 Å². The molecule has 2 aromatic carbocycles. The van der Waals surface area contributed by atoms with Gasteiger partial charge >= 0.3 is 0 Å². The first-order valence-corrected chi connectivity index (χ1v) is 8.31. The Morgan fingerprint density at radius 2 is 1.91 bits per heavy atom. The lowest BCUT2D eigenvalue weighted by Crippen LogP contribution is -2.42. The second kappa shape index (κ2) is 6.73. The maximum absolute atomic E-state index is 12.8. The van der Waals surface area contributed by atoms with Crippen LogP contribution in [0.25, 0.3) is 0 Å². The van der Waals surface area contributed by atoms with Crippen LogP contribution in [0, 0.1) is 5.92 Å². The van der Waals surface area contributed by atoms with Gasteiger partial charge in [0.1, 0.15) is 0 Å². The van der Waals surface area contributed by atoms with Crippen molar-refractivity contribution < 1.29 is 4.79 Å². The van der Waals surface area contributed by atoms with Crippen LogP contribution in [-0.2, 0) is 17.8 Å². The zero-order chi connectivity index (χ0) is 16.4. The van der Waals surface area contributed by atoms with Gasteiger partial charge in [-0.3, -0.25) is 4.79 Å². The van der Waals surface area contributed by atoms with E-state index < -0.39 is 0 Å². The number of hydrogen-bond acceptors (Lipinski definition) is 2. The monoisotopic (exact) mass is 328 g/mol. The van der Waals surface area contributed by atoms with Gasteiger partial charge in [0.2, 0.25) is 5.91 Å². The summed E-state index contributed by atoms with van der Waals surface area (Å²) >= 11 is 6.24. The number of nitrogens with two attached hydrogens (primary N) is 1. The van der Waals surface area contributed by atoms with Crippen LogP contribution in [0.15, 0.2) is 48.5 Å². The van der Waals surface area contributed by atoms with Gasteiger partial charge in [0.15, 0.2) is 0 Å². The molecule has 1 aliphatic rings. The van der Waals surface area contributed by atoms with E-state index in [-0.39, 0.29) is 17.9 Å². The van der Waals surface area contributed by atoms with Crippen LogP contribution in [0.5, 0.6) is 0 Å². The summed E-state index contributed by atoms with van der Waals surface area (Å²) in [5, 5.41) is 0.795. The average molecular weight is 329 g/mol. The Hall–Kier alpha value is -1.84. The lowest BCUT2D eigenvalue weighted by atomic mass is 9.92. The van der Waals surface area contributed by atoms with Crippen LogP contribution in [0.4, 0.5) is 0 Å². The number of fused-ring (bicyclic) bond motifs is 1. The molecule has 0 saturated heterocycles. The highest BCUT2D eigenvalue weighted by atomic mass is 35.5. The fourth-order valence-corrected chi connectivity index (χ4v) is 3.45. The van der Waals surface area contributed by atoms with Gasteiger partial charge in [-0.25, -0.2) is 0 Å². The minimum atomic E-state index is -0.288. The van der Waals surface area contributed by atoms with E-state index in [1.54, 1.807) is 0 Å². The Morgan fingerprint density at radius 1 is 1.17 bits per heavy atom. The fraction of sp³-hybridized carbons (Fsp3) is 0.316. The minimum absolute atomic E-state index is 0.104. The number of carbonyl (C=O) groups is 1. The van der Waals surface area contributed by atoms with Gasteiger partial charge in [-0.1, -0.05) is 61.0 Å². The second-order valence-corrected chi connectivity index (χ2v) is 6.52. The quantitative estimate of drug-likeness (QED) is 0.936. The molecule has 2 aromatic rings. The number of carbonyl (C=O) groups excluding carboxylic acids is 1. The summed E-state index contributed by atoms with van der Waals surface area (Å²) in [5.41, 5.74) is 9.59. The lowest BCUT2D eigenvalue weighted by molar-refractivity contribution is -0.136. The van der Waals surface area contributed by atoms with Gasteiger partial charge in [-0.05, 0) is 29.2 Å². The molecule has 0 saturated carbocycles. The Labute approximate surface area is 142 Å². The second-order valence-electron chi connectivity index (χ2n) is 6.11. The first kappa shape index (κ1) is 16.0. The molecule has 2 N–H and O–H groups in total. The summed E-state index contributed by atoms with van der Waals surface area (Å²) in [6, 6.07) is 15.4. The van der Waals surface area contributed by atoms with Crippen LogP contribution >= 0.6 is 11.6 Å². The van der Waals surface area contributed by atoms with E-state index in [0.29, 0.717) is 13.1 Å². The predicted molar refractivity (Wildman–Crippen MR) is 93.1 cm³/mol. The maximum atomic E-state index is 12.8. The van der Waals surface area contributed by atoms with E-state index in [9.17, 15) is 4.79 Å². The van der Waals surface area contributed by atoms with E-state index in [2.05, 4.69) is 0 Å². The molecule has 3 nitrogen and oxygen atoms in total. The Bertz CT molecular complexity index is 702. The predicted octanol–water partition coefficient (Wildman–Crippen LogP) is 3.56. The first-order chi connectivity index (χ1) is 11.1. The molecule has 4 heteroatoms. The zero-order valence-corrected chi connectivity index (χ0v) is 14.0. The Morgan fingerprint density at radius 3 is 2.65 bits per heavy atom. The molecule has 1 amide bonds. The molecule has 0 bridgehead atoms. The highest BCUT2D eigenvalue weighted by Crippen LogP contribution is 2.28. The molecule has 0 fully saturated rings. The van der Waals surface area contributed by atoms with Gasteiger partial charge in [0.25, 0.3) is 0 Å². The van der Waals surface area contributed by atoms with Crippen molar-refractivity contribution in [2.75, 3.05) is 6.54 Å². The summed E-state index contributed by atoms with van der Waals surface area (Å²) in [4.78, 5) is 14.7. The minimum Gasteiger partial charge on any atom is -0.338 e. The highest BCUT2D eigenvalue weighted by Gasteiger charge is 2.29. The molecule has 23 heavy (non-hydrogen) atoms. The summed E-state index contributed by atoms with van der Waals surface area (Å²) in [6.45, 7) is 3.22. The summed E-state index contributed by atoms with van der Waals surface area (Å²) in [6.07, 6.45) is 0.800. The summed E-state index contributed by atoms with van der Waals surface area (Å²) in [7, 11) is 0. The standard InChI is InChI=1S/C19H21ClN2O/c1-13(18(21)14-6-3-2-4-7-14)19(23)22-11-10-16-15(12-22)8-5-9-17(16)20/h2-9,13,18H,10-12,21H2,1H3. The molecule has 120 valence electrons. The van der Waals surface area contributed by atoms with E-state index in [1.807, 2.05) is 60.4 Å². The number of amides is 1. The molecule has 2 unspecified atom stereocenters. The van der Waals surface area contributed by atoms with Crippen LogP contribution in [-0.4, -0.2) is 17.4 Å². The van der Waals surface area contributed by atoms with Crippen molar-refractivity contribution in [3.05, 3.63) is 70.2 Å². The van der Waals surface area contributed by atoms with Crippen LogP contribution in [0.1, 0.15) is 29.7 Å². The van der Waals surface area contributed by atoms with Crippen molar-refractivity contribution in [2.24, 2.45) is 11.7 Å². The first-order valence-electron chi connectivity index (χ1n) is 7.93. The highest BCUT2D eigenvalue weighted by molar-refractivity contribution is 6.31. The number of rotatable bonds is 3. The van der Waals surface area contributed by atoms with Crippen molar-refractivity contribution in [1.29, 1.82) is 0 Å². The normalized spacial score (nSPS) is 16.6. The molecule has 0 spiro atoms. The van der Waals surface area contributed by atoms with Gasteiger partial charge in [0.05, 0.1) is 5.92 Å². The number of hydrogen-bond donors (Lipinski definition) is 1. The molecule has 3 rings (SSSR count). The molecule has 0 aromatic heterocycles. The third-order valence-corrected chi connectivity index (χ3v) is 4.99. The van der Waals surface area contributed by atoms with Gasteiger partial charge in [-0.15, -0.1) is 0 Å². The largest absolute Gasteiger partial charge is 0.338 e.